The number of carbonyl (C=O) groups excluding carboxylic acids is 1. The lowest BCUT2D eigenvalue weighted by atomic mass is 9.91. The summed E-state index contributed by atoms with van der Waals surface area (Å²) in [5.41, 5.74) is 0.901. The second-order valence-corrected chi connectivity index (χ2v) is 7.40. The third kappa shape index (κ3) is 4.33. The van der Waals surface area contributed by atoms with Gasteiger partial charge in [0.1, 0.15) is 6.04 Å². The van der Waals surface area contributed by atoms with Gasteiger partial charge in [-0.2, -0.15) is 0 Å². The Bertz CT molecular complexity index is 631. The number of benzene rings is 1. The third-order valence-corrected chi connectivity index (χ3v) is 5.72. The van der Waals surface area contributed by atoms with Crippen LogP contribution in [0.2, 0.25) is 5.02 Å². The van der Waals surface area contributed by atoms with Crippen LogP contribution in [0.15, 0.2) is 24.3 Å². The van der Waals surface area contributed by atoms with Crippen molar-refractivity contribution in [1.29, 1.82) is 0 Å². The van der Waals surface area contributed by atoms with E-state index in [0.717, 1.165) is 24.9 Å². The SMILES string of the molecule is O=C(O)CC1C(=O)N(Cc2ccccc2Cl)CCN1C1CCCCC1. The molecule has 136 valence electrons. The number of hydrogen-bond donors (Lipinski definition) is 1. The fraction of sp³-hybridized carbons (Fsp3) is 0.579. The zero-order valence-electron chi connectivity index (χ0n) is 14.4. The molecular formula is C19H25ClN2O3. The van der Waals surface area contributed by atoms with Crippen molar-refractivity contribution in [2.45, 2.75) is 57.2 Å². The number of amides is 1. The van der Waals surface area contributed by atoms with E-state index in [9.17, 15) is 14.7 Å². The predicted octanol–water partition coefficient (Wildman–Crippen LogP) is 3.16. The Morgan fingerprint density at radius 2 is 1.88 bits per heavy atom. The fourth-order valence-corrected chi connectivity index (χ4v) is 4.26. The van der Waals surface area contributed by atoms with Gasteiger partial charge in [-0.05, 0) is 24.5 Å². The first-order chi connectivity index (χ1) is 12.1. The maximum Gasteiger partial charge on any atom is 0.305 e. The standard InChI is InChI=1S/C19H25ClN2O3/c20-16-9-5-4-6-14(16)13-21-10-11-22(15-7-2-1-3-8-15)17(19(21)25)12-18(23)24/h4-6,9,15,17H,1-3,7-8,10-13H2,(H,23,24). The van der Waals surface area contributed by atoms with Crippen molar-refractivity contribution in [3.05, 3.63) is 34.9 Å². The number of carbonyl (C=O) groups is 2. The monoisotopic (exact) mass is 364 g/mol. The lowest BCUT2D eigenvalue weighted by Gasteiger charge is -2.45. The Kier molecular flexibility index (Phi) is 5.97. The maximum atomic E-state index is 13.0. The molecule has 5 nitrogen and oxygen atoms in total. The molecule has 1 N–H and O–H groups in total. The summed E-state index contributed by atoms with van der Waals surface area (Å²) < 4.78 is 0. The van der Waals surface area contributed by atoms with Gasteiger partial charge in [0.2, 0.25) is 5.91 Å². The first-order valence-electron chi connectivity index (χ1n) is 9.06. The normalized spacial score (nSPS) is 23.0. The summed E-state index contributed by atoms with van der Waals surface area (Å²) >= 11 is 6.22. The average molecular weight is 365 g/mol. The lowest BCUT2D eigenvalue weighted by Crippen LogP contribution is -2.60. The topological polar surface area (TPSA) is 60.9 Å². The molecule has 25 heavy (non-hydrogen) atoms. The maximum absolute atomic E-state index is 13.0. The van der Waals surface area contributed by atoms with Crippen LogP contribution in [0.25, 0.3) is 0 Å². The van der Waals surface area contributed by atoms with Crippen molar-refractivity contribution in [3.8, 4) is 0 Å². The highest BCUT2D eigenvalue weighted by Crippen LogP contribution is 2.28. The molecule has 1 aliphatic carbocycles. The Morgan fingerprint density at radius 1 is 1.16 bits per heavy atom. The van der Waals surface area contributed by atoms with Crippen LogP contribution in [0.1, 0.15) is 44.1 Å². The van der Waals surface area contributed by atoms with Crippen molar-refractivity contribution in [2.75, 3.05) is 13.1 Å². The van der Waals surface area contributed by atoms with E-state index in [-0.39, 0.29) is 12.3 Å². The second kappa shape index (κ2) is 8.19. The molecular weight excluding hydrogens is 340 g/mol. The van der Waals surface area contributed by atoms with Crippen molar-refractivity contribution in [1.82, 2.24) is 9.80 Å². The molecule has 3 rings (SSSR count). The van der Waals surface area contributed by atoms with E-state index >= 15 is 0 Å². The van der Waals surface area contributed by atoms with E-state index in [1.165, 1.54) is 19.3 Å². The molecule has 0 radical (unpaired) electrons. The quantitative estimate of drug-likeness (QED) is 0.871. The summed E-state index contributed by atoms with van der Waals surface area (Å²) in [6, 6.07) is 7.27. The minimum Gasteiger partial charge on any atom is -0.481 e. The summed E-state index contributed by atoms with van der Waals surface area (Å²) in [7, 11) is 0. The van der Waals surface area contributed by atoms with Gasteiger partial charge in [-0.25, -0.2) is 0 Å². The summed E-state index contributed by atoms with van der Waals surface area (Å²) in [5.74, 6) is -1.00. The van der Waals surface area contributed by atoms with Gasteiger partial charge in [-0.15, -0.1) is 0 Å². The van der Waals surface area contributed by atoms with E-state index in [0.29, 0.717) is 24.2 Å². The van der Waals surface area contributed by atoms with E-state index < -0.39 is 12.0 Å². The molecule has 1 aliphatic heterocycles. The highest BCUT2D eigenvalue weighted by molar-refractivity contribution is 6.31. The molecule has 1 aromatic rings. The van der Waals surface area contributed by atoms with Gasteiger partial charge in [-0.1, -0.05) is 49.1 Å². The van der Waals surface area contributed by atoms with Gasteiger partial charge in [0.25, 0.3) is 0 Å². The smallest absolute Gasteiger partial charge is 0.305 e. The third-order valence-electron chi connectivity index (χ3n) is 5.36. The van der Waals surface area contributed by atoms with Crippen LogP contribution in [0, 0.1) is 0 Å². The van der Waals surface area contributed by atoms with E-state index in [2.05, 4.69) is 4.90 Å². The Labute approximate surface area is 153 Å². The Balaban J connectivity index is 1.75. The lowest BCUT2D eigenvalue weighted by molar-refractivity contribution is -0.151. The Hall–Kier alpha value is -1.59. The summed E-state index contributed by atoms with van der Waals surface area (Å²) in [5, 5.41) is 9.94. The van der Waals surface area contributed by atoms with Crippen molar-refractivity contribution in [3.63, 3.8) is 0 Å². The molecule has 2 aliphatic rings. The van der Waals surface area contributed by atoms with Gasteiger partial charge in [-0.3, -0.25) is 14.5 Å². The van der Waals surface area contributed by atoms with Crippen molar-refractivity contribution < 1.29 is 14.7 Å². The zero-order chi connectivity index (χ0) is 17.8. The van der Waals surface area contributed by atoms with Crippen LogP contribution in [0.3, 0.4) is 0 Å². The fourth-order valence-electron chi connectivity index (χ4n) is 4.06. The van der Waals surface area contributed by atoms with Gasteiger partial charge in [0.05, 0.1) is 6.42 Å². The number of carboxylic acid groups (broad SMARTS) is 1. The minimum atomic E-state index is -0.918. The number of piperazine rings is 1. The molecule has 1 unspecified atom stereocenters. The van der Waals surface area contributed by atoms with Crippen LogP contribution < -0.4 is 0 Å². The molecule has 0 spiro atoms. The molecule has 6 heteroatoms. The molecule has 1 amide bonds. The van der Waals surface area contributed by atoms with E-state index in [4.69, 9.17) is 11.6 Å². The number of hydrogen-bond acceptors (Lipinski definition) is 3. The number of carboxylic acids is 1. The molecule has 1 aromatic carbocycles. The van der Waals surface area contributed by atoms with Gasteiger partial charge in [0.15, 0.2) is 0 Å². The van der Waals surface area contributed by atoms with Crippen molar-refractivity contribution in [2.24, 2.45) is 0 Å². The zero-order valence-corrected chi connectivity index (χ0v) is 15.1. The number of rotatable bonds is 5. The number of halogens is 1. The number of aliphatic carboxylic acids is 1. The molecule has 1 saturated carbocycles. The number of nitrogens with zero attached hydrogens (tertiary/aromatic N) is 2. The van der Waals surface area contributed by atoms with E-state index in [1.807, 2.05) is 24.3 Å². The molecule has 2 fully saturated rings. The summed E-state index contributed by atoms with van der Waals surface area (Å²) in [4.78, 5) is 28.3. The van der Waals surface area contributed by atoms with Crippen LogP contribution >= 0.6 is 11.6 Å². The molecule has 1 atom stereocenters. The van der Waals surface area contributed by atoms with Crippen LogP contribution in [-0.2, 0) is 16.1 Å². The average Bonchev–Trinajstić information content (AvgIpc) is 2.61. The first-order valence-corrected chi connectivity index (χ1v) is 9.44. The highest BCUT2D eigenvalue weighted by Gasteiger charge is 2.39. The predicted molar refractivity (Wildman–Crippen MR) is 96.5 cm³/mol. The van der Waals surface area contributed by atoms with Crippen molar-refractivity contribution >= 4 is 23.5 Å². The van der Waals surface area contributed by atoms with Crippen LogP contribution in [0.4, 0.5) is 0 Å². The molecule has 0 aromatic heterocycles. The first kappa shape index (κ1) is 18.2. The largest absolute Gasteiger partial charge is 0.481 e. The summed E-state index contributed by atoms with van der Waals surface area (Å²) in [6.45, 7) is 1.79. The van der Waals surface area contributed by atoms with Crippen LogP contribution in [-0.4, -0.2) is 52.0 Å². The molecule has 1 heterocycles. The molecule has 0 bridgehead atoms. The minimum absolute atomic E-state index is 0.0841. The van der Waals surface area contributed by atoms with Crippen LogP contribution in [0.5, 0.6) is 0 Å². The van der Waals surface area contributed by atoms with Gasteiger partial charge >= 0.3 is 5.97 Å². The Morgan fingerprint density at radius 3 is 2.56 bits per heavy atom. The second-order valence-electron chi connectivity index (χ2n) is 6.99. The van der Waals surface area contributed by atoms with Gasteiger partial charge < -0.3 is 10.0 Å². The summed E-state index contributed by atoms with van der Waals surface area (Å²) in [6.07, 6.45) is 5.56. The molecule has 1 saturated heterocycles. The highest BCUT2D eigenvalue weighted by atomic mass is 35.5. The van der Waals surface area contributed by atoms with Gasteiger partial charge in [0, 0.05) is 30.7 Å². The van der Waals surface area contributed by atoms with E-state index in [1.54, 1.807) is 4.90 Å².